The number of nitrogens with one attached hydrogen (secondary N) is 2. The predicted octanol–water partition coefficient (Wildman–Crippen LogP) is -0.409. The van der Waals surface area contributed by atoms with Crippen LogP contribution in [-0.2, 0) is 14.8 Å². The molecule has 4 heterocycles. The lowest BCUT2D eigenvalue weighted by atomic mass is 10.1. The van der Waals surface area contributed by atoms with Crippen molar-refractivity contribution in [1.82, 2.24) is 39.3 Å². The summed E-state index contributed by atoms with van der Waals surface area (Å²) in [7, 11) is -4.36. The SMILES string of the molecule is CCN(CC)CC.Nc1ncnc2c1ncn2[C@@H]1O[C@H](CNS(=O)(=O)c2n[nH]c3ccccc3c2=O)[C@@H](O)[C@H]1O. The van der Waals surface area contributed by atoms with E-state index in [1.54, 1.807) is 18.2 Å². The predicted molar refractivity (Wildman–Crippen MR) is 147 cm³/mol. The van der Waals surface area contributed by atoms with Crippen LogP contribution in [0.15, 0.2) is 46.7 Å². The van der Waals surface area contributed by atoms with Gasteiger partial charge in [0.1, 0.15) is 30.2 Å². The van der Waals surface area contributed by atoms with Gasteiger partial charge in [0, 0.05) is 6.54 Å². The number of aromatic nitrogens is 6. The second kappa shape index (κ2) is 12.3. The number of anilines is 1. The zero-order chi connectivity index (χ0) is 29.0. The maximum Gasteiger partial charge on any atom is 0.263 e. The molecule has 1 aliphatic rings. The van der Waals surface area contributed by atoms with E-state index in [1.165, 1.54) is 42.9 Å². The number of para-hydroxylation sites is 1. The summed E-state index contributed by atoms with van der Waals surface area (Å²) in [6, 6.07) is 6.35. The quantitative estimate of drug-likeness (QED) is 0.181. The molecule has 0 aliphatic carbocycles. The molecule has 4 aromatic rings. The van der Waals surface area contributed by atoms with Gasteiger partial charge in [0.2, 0.25) is 10.5 Å². The minimum absolute atomic E-state index is 0.129. The van der Waals surface area contributed by atoms with Gasteiger partial charge < -0.3 is 25.6 Å². The molecule has 1 saturated heterocycles. The number of aromatic amines is 1. The van der Waals surface area contributed by atoms with Crippen molar-refractivity contribution in [3.8, 4) is 0 Å². The van der Waals surface area contributed by atoms with Crippen LogP contribution in [0, 0.1) is 0 Å². The first-order chi connectivity index (χ1) is 19.1. The molecule has 40 heavy (non-hydrogen) atoms. The lowest BCUT2D eigenvalue weighted by molar-refractivity contribution is -0.0330. The summed E-state index contributed by atoms with van der Waals surface area (Å²) >= 11 is 0. The molecule has 0 amide bonds. The first kappa shape index (κ1) is 29.4. The topological polar surface area (TPSA) is 214 Å². The van der Waals surface area contributed by atoms with Crippen LogP contribution >= 0.6 is 0 Å². The minimum Gasteiger partial charge on any atom is -0.387 e. The van der Waals surface area contributed by atoms with Gasteiger partial charge in [-0.1, -0.05) is 32.9 Å². The first-order valence-electron chi connectivity index (χ1n) is 12.8. The summed E-state index contributed by atoms with van der Waals surface area (Å²) in [6.45, 7) is 9.69. The number of aliphatic hydroxyl groups is 2. The van der Waals surface area contributed by atoms with Crippen molar-refractivity contribution in [2.24, 2.45) is 0 Å². The number of nitrogen functional groups attached to an aromatic ring is 1. The second-order valence-corrected chi connectivity index (χ2v) is 10.7. The van der Waals surface area contributed by atoms with Crippen LogP contribution < -0.4 is 15.9 Å². The van der Waals surface area contributed by atoms with Gasteiger partial charge in [-0.25, -0.2) is 28.1 Å². The Labute approximate surface area is 230 Å². The van der Waals surface area contributed by atoms with Crippen molar-refractivity contribution in [1.29, 1.82) is 0 Å². The van der Waals surface area contributed by atoms with Crippen molar-refractivity contribution in [3.05, 3.63) is 47.1 Å². The molecule has 1 fully saturated rings. The van der Waals surface area contributed by atoms with E-state index in [2.05, 4.69) is 55.5 Å². The molecule has 0 bridgehead atoms. The van der Waals surface area contributed by atoms with E-state index in [-0.39, 0.29) is 22.4 Å². The van der Waals surface area contributed by atoms with Gasteiger partial charge in [0.25, 0.3) is 10.0 Å². The number of imidazole rings is 1. The monoisotopic (exact) mass is 575 g/mol. The maximum atomic E-state index is 12.7. The Balaban J connectivity index is 0.000000470. The number of hydrogen-bond acceptors (Lipinski definition) is 12. The van der Waals surface area contributed by atoms with Crippen LogP contribution in [0.4, 0.5) is 5.82 Å². The average molecular weight is 576 g/mol. The Hall–Kier alpha value is -3.54. The number of benzene rings is 1. The lowest BCUT2D eigenvalue weighted by Crippen LogP contribution is -2.41. The second-order valence-electron chi connectivity index (χ2n) is 9.00. The van der Waals surface area contributed by atoms with Crippen molar-refractivity contribution >= 4 is 37.9 Å². The normalized spacial score (nSPS) is 21.1. The highest BCUT2D eigenvalue weighted by Crippen LogP contribution is 2.31. The summed E-state index contributed by atoms with van der Waals surface area (Å²) in [5.74, 6) is 0.129. The van der Waals surface area contributed by atoms with E-state index in [9.17, 15) is 23.4 Å². The van der Waals surface area contributed by atoms with E-state index in [0.717, 1.165) is 0 Å². The van der Waals surface area contributed by atoms with Gasteiger partial charge in [-0.15, -0.1) is 0 Å². The molecule has 15 nitrogen and oxygen atoms in total. The Kier molecular flexibility index (Phi) is 9.07. The number of nitrogens with zero attached hydrogens (tertiary/aromatic N) is 6. The molecule has 216 valence electrons. The summed E-state index contributed by atoms with van der Waals surface area (Å²) in [6.07, 6.45) is -2.59. The van der Waals surface area contributed by atoms with Crippen LogP contribution in [0.5, 0.6) is 0 Å². The van der Waals surface area contributed by atoms with Crippen molar-refractivity contribution in [2.45, 2.75) is 50.3 Å². The average Bonchev–Trinajstić information content (AvgIpc) is 3.50. The third-order valence-electron chi connectivity index (χ3n) is 6.71. The number of nitrogens with two attached hydrogens (primary N) is 1. The fourth-order valence-corrected chi connectivity index (χ4v) is 5.39. The lowest BCUT2D eigenvalue weighted by Gasteiger charge is -2.16. The maximum absolute atomic E-state index is 12.7. The standard InChI is InChI=1S/C18H18N8O6S.C6H15N/c19-15-11-16(21-6-20-15)26(7-22-11)18-14(29)13(28)10(32-18)5-23-33(30,31)17-12(27)8-3-1-2-4-9(8)24-25-17;1-4-7(5-2)6-3/h1-4,6-7,10,13-14,18,23,28-29H,5H2,(H,24,27)(H2,19,20,21);4-6H2,1-3H3/t10-,13-,14-,18-;/m1./s1. The molecular formula is C24H33N9O6S. The molecule has 1 aliphatic heterocycles. The fraction of sp³-hybridized carbons (Fsp3) is 0.458. The first-order valence-corrected chi connectivity index (χ1v) is 14.2. The number of fused-ring (bicyclic) bond motifs is 2. The molecule has 5 rings (SSSR count). The Morgan fingerprint density at radius 2 is 1.80 bits per heavy atom. The van der Waals surface area contributed by atoms with Crippen LogP contribution in [0.3, 0.4) is 0 Å². The molecule has 1 aromatic carbocycles. The van der Waals surface area contributed by atoms with Gasteiger partial charge in [-0.3, -0.25) is 14.5 Å². The third kappa shape index (κ3) is 5.81. The van der Waals surface area contributed by atoms with Gasteiger partial charge in [-0.05, 0) is 31.8 Å². The largest absolute Gasteiger partial charge is 0.387 e. The molecule has 3 aromatic heterocycles. The van der Waals surface area contributed by atoms with E-state index < -0.39 is 51.6 Å². The molecule has 0 unspecified atom stereocenters. The van der Waals surface area contributed by atoms with Crippen LogP contribution in [-0.4, -0.2) is 97.7 Å². The summed E-state index contributed by atoms with van der Waals surface area (Å²) in [4.78, 5) is 27.0. The Morgan fingerprint density at radius 3 is 2.48 bits per heavy atom. The van der Waals surface area contributed by atoms with E-state index >= 15 is 0 Å². The van der Waals surface area contributed by atoms with Crippen molar-refractivity contribution < 1.29 is 23.4 Å². The highest BCUT2D eigenvalue weighted by atomic mass is 32.2. The minimum atomic E-state index is -4.36. The Morgan fingerprint density at radius 1 is 1.10 bits per heavy atom. The number of H-pyrrole nitrogens is 1. The van der Waals surface area contributed by atoms with Crippen molar-refractivity contribution in [3.63, 3.8) is 0 Å². The van der Waals surface area contributed by atoms with Crippen LogP contribution in [0.25, 0.3) is 22.1 Å². The number of ether oxygens (including phenoxy) is 1. The van der Waals surface area contributed by atoms with Gasteiger partial charge in [-0.2, -0.15) is 5.10 Å². The van der Waals surface area contributed by atoms with Crippen LogP contribution in [0.2, 0.25) is 0 Å². The molecule has 0 radical (unpaired) electrons. The smallest absolute Gasteiger partial charge is 0.263 e. The molecular weight excluding hydrogens is 542 g/mol. The molecule has 16 heteroatoms. The zero-order valence-corrected chi connectivity index (χ0v) is 23.1. The molecule has 0 spiro atoms. The number of hydrogen-bond donors (Lipinski definition) is 5. The van der Waals surface area contributed by atoms with Gasteiger partial charge >= 0.3 is 0 Å². The number of aliphatic hydroxyl groups excluding tert-OH is 2. The van der Waals surface area contributed by atoms with Gasteiger partial charge in [0.15, 0.2) is 17.7 Å². The zero-order valence-electron chi connectivity index (χ0n) is 22.3. The van der Waals surface area contributed by atoms with Crippen molar-refractivity contribution in [2.75, 3.05) is 31.9 Å². The number of sulfonamides is 1. The number of rotatable bonds is 8. The third-order valence-corrected chi connectivity index (χ3v) is 8.05. The Bertz CT molecular complexity index is 1620. The molecule has 6 N–H and O–H groups in total. The highest BCUT2D eigenvalue weighted by molar-refractivity contribution is 7.89. The van der Waals surface area contributed by atoms with E-state index in [1.807, 2.05) is 0 Å². The van der Waals surface area contributed by atoms with E-state index in [4.69, 9.17) is 10.5 Å². The fourth-order valence-electron chi connectivity index (χ4n) is 4.35. The highest BCUT2D eigenvalue weighted by Gasteiger charge is 2.44. The summed E-state index contributed by atoms with van der Waals surface area (Å²) in [5.41, 5.74) is 5.94. The van der Waals surface area contributed by atoms with Gasteiger partial charge in [0.05, 0.1) is 17.2 Å². The molecule has 4 atom stereocenters. The molecule has 0 saturated carbocycles. The van der Waals surface area contributed by atoms with Crippen LogP contribution in [0.1, 0.15) is 27.0 Å². The summed E-state index contributed by atoms with van der Waals surface area (Å²) in [5, 5.41) is 26.6. The summed E-state index contributed by atoms with van der Waals surface area (Å²) < 4.78 is 34.7. The van der Waals surface area contributed by atoms with E-state index in [0.29, 0.717) is 5.52 Å².